The molecule has 9 heteroatoms. The Balaban J connectivity index is 1.45. The van der Waals surface area contributed by atoms with Gasteiger partial charge >= 0.3 is 0 Å². The van der Waals surface area contributed by atoms with Crippen molar-refractivity contribution in [2.24, 2.45) is 0 Å². The molecule has 1 amide bonds. The molecule has 0 aliphatic rings. The van der Waals surface area contributed by atoms with Gasteiger partial charge in [-0.1, -0.05) is 35.3 Å². The summed E-state index contributed by atoms with van der Waals surface area (Å²) in [6.45, 7) is 4.33. The summed E-state index contributed by atoms with van der Waals surface area (Å²) in [6.07, 6.45) is 3.11. The van der Waals surface area contributed by atoms with Crippen molar-refractivity contribution in [3.8, 4) is 17.0 Å². The molecule has 1 N–H and O–H groups in total. The van der Waals surface area contributed by atoms with E-state index < -0.39 is 0 Å². The molecule has 0 unspecified atom stereocenters. The van der Waals surface area contributed by atoms with Crippen molar-refractivity contribution >= 4 is 51.7 Å². The van der Waals surface area contributed by atoms with E-state index >= 15 is 0 Å². The fraction of sp³-hybridized carbons (Fsp3) is 0.160. The van der Waals surface area contributed by atoms with Gasteiger partial charge in [0.05, 0.1) is 25.0 Å². The zero-order valence-electron chi connectivity index (χ0n) is 18.8. The highest BCUT2D eigenvalue weighted by atomic mass is 35.5. The van der Waals surface area contributed by atoms with Crippen LogP contribution in [-0.2, 0) is 11.3 Å². The van der Waals surface area contributed by atoms with Crippen molar-refractivity contribution in [1.82, 2.24) is 14.8 Å². The monoisotopic (exact) mass is 512 g/mol. The summed E-state index contributed by atoms with van der Waals surface area (Å²) in [4.78, 5) is 18.1. The van der Waals surface area contributed by atoms with E-state index in [1.165, 1.54) is 17.4 Å². The second-order valence-corrected chi connectivity index (χ2v) is 9.55. The van der Waals surface area contributed by atoms with E-state index in [1.807, 2.05) is 62.4 Å². The maximum Gasteiger partial charge on any atom is 0.250 e. The van der Waals surface area contributed by atoms with Crippen LogP contribution in [0.4, 0.5) is 5.13 Å². The molecule has 0 aliphatic heterocycles. The van der Waals surface area contributed by atoms with Crippen LogP contribution in [0.25, 0.3) is 17.3 Å². The van der Waals surface area contributed by atoms with E-state index in [2.05, 4.69) is 15.4 Å². The lowest BCUT2D eigenvalue weighted by Crippen LogP contribution is -2.07. The van der Waals surface area contributed by atoms with Crippen molar-refractivity contribution in [2.75, 3.05) is 12.4 Å². The van der Waals surface area contributed by atoms with Crippen LogP contribution < -0.4 is 10.1 Å². The number of hydrogen-bond acceptors (Lipinski definition) is 5. The van der Waals surface area contributed by atoms with Crippen molar-refractivity contribution in [3.05, 3.63) is 86.5 Å². The van der Waals surface area contributed by atoms with Gasteiger partial charge in [0.1, 0.15) is 10.9 Å². The average Bonchev–Trinajstić information content (AvgIpc) is 3.32. The van der Waals surface area contributed by atoms with Gasteiger partial charge in [0.15, 0.2) is 5.13 Å². The lowest BCUT2D eigenvalue weighted by molar-refractivity contribution is -0.111. The molecule has 4 rings (SSSR count). The van der Waals surface area contributed by atoms with Gasteiger partial charge in [0, 0.05) is 27.1 Å². The van der Waals surface area contributed by atoms with E-state index in [-0.39, 0.29) is 5.91 Å². The molecule has 2 aromatic heterocycles. The summed E-state index contributed by atoms with van der Waals surface area (Å²) >= 11 is 13.9. The van der Waals surface area contributed by atoms with Gasteiger partial charge in [-0.2, -0.15) is 5.10 Å². The highest BCUT2D eigenvalue weighted by Crippen LogP contribution is 2.31. The van der Waals surface area contributed by atoms with Crippen molar-refractivity contribution in [3.63, 3.8) is 0 Å². The number of carbonyl (C=O) groups excluding carboxylic acids is 1. The molecule has 0 atom stereocenters. The van der Waals surface area contributed by atoms with Crippen LogP contribution in [0.3, 0.4) is 0 Å². The first kappa shape index (κ1) is 24.0. The number of aromatic nitrogens is 3. The SMILES string of the molecule is COc1ccc(-c2nc(NC(=O)C=Cc3c(C)nn(Cc4ccc(Cl)cc4)c3Cl)sc2C)cc1. The van der Waals surface area contributed by atoms with Crippen molar-refractivity contribution in [2.45, 2.75) is 20.4 Å². The van der Waals surface area contributed by atoms with Crippen LogP contribution in [0.15, 0.2) is 54.6 Å². The third-order valence-electron chi connectivity index (χ3n) is 5.15. The molecular formula is C25H22Cl2N4O2S. The Bertz CT molecular complexity index is 1340. The molecule has 4 aromatic rings. The van der Waals surface area contributed by atoms with Gasteiger partial charge in [-0.25, -0.2) is 9.67 Å². The van der Waals surface area contributed by atoms with Gasteiger partial charge in [-0.15, -0.1) is 11.3 Å². The summed E-state index contributed by atoms with van der Waals surface area (Å²) in [5.41, 5.74) is 4.24. The number of benzene rings is 2. The number of ether oxygens (including phenoxy) is 1. The molecule has 6 nitrogen and oxygen atoms in total. The van der Waals surface area contributed by atoms with Crippen LogP contribution in [0, 0.1) is 13.8 Å². The van der Waals surface area contributed by atoms with Gasteiger partial charge < -0.3 is 4.74 Å². The molecule has 0 spiro atoms. The Morgan fingerprint density at radius 1 is 1.12 bits per heavy atom. The molecule has 174 valence electrons. The van der Waals surface area contributed by atoms with E-state index in [0.717, 1.165) is 33.1 Å². The standard InChI is InChI=1S/C25H22Cl2N4O2S/c1-15-21(24(27)31(30-15)14-17-4-8-19(26)9-5-17)12-13-22(32)28-25-29-23(16(2)34-25)18-6-10-20(33-3)11-7-18/h4-13H,14H2,1-3H3,(H,28,29,32). The van der Waals surface area contributed by atoms with Gasteiger partial charge in [-0.3, -0.25) is 10.1 Å². The predicted molar refractivity (Wildman–Crippen MR) is 139 cm³/mol. The zero-order chi connectivity index (χ0) is 24.2. The van der Waals surface area contributed by atoms with Crippen molar-refractivity contribution < 1.29 is 9.53 Å². The van der Waals surface area contributed by atoms with Gasteiger partial charge in [-0.05, 0) is 61.9 Å². The quantitative estimate of drug-likeness (QED) is 0.282. The molecular weight excluding hydrogens is 491 g/mol. The number of anilines is 1. The number of hydrogen-bond donors (Lipinski definition) is 1. The molecule has 34 heavy (non-hydrogen) atoms. The number of nitrogens with one attached hydrogen (secondary N) is 1. The van der Waals surface area contributed by atoms with Crippen LogP contribution in [-0.4, -0.2) is 27.8 Å². The molecule has 0 aliphatic carbocycles. The highest BCUT2D eigenvalue weighted by Gasteiger charge is 2.14. The fourth-order valence-corrected chi connectivity index (χ4v) is 4.66. The summed E-state index contributed by atoms with van der Waals surface area (Å²) in [5, 5.41) is 8.99. The Morgan fingerprint density at radius 3 is 2.50 bits per heavy atom. The lowest BCUT2D eigenvalue weighted by Gasteiger charge is -2.03. The first-order valence-electron chi connectivity index (χ1n) is 10.4. The second kappa shape index (κ2) is 10.4. The number of methoxy groups -OCH3 is 1. The third-order valence-corrected chi connectivity index (χ3v) is 6.68. The highest BCUT2D eigenvalue weighted by molar-refractivity contribution is 7.16. The molecule has 2 heterocycles. The van der Waals surface area contributed by atoms with Gasteiger partial charge in [0.25, 0.3) is 0 Å². The zero-order valence-corrected chi connectivity index (χ0v) is 21.1. The molecule has 0 saturated carbocycles. The number of amides is 1. The third kappa shape index (κ3) is 5.50. The Hall–Kier alpha value is -3.13. The maximum absolute atomic E-state index is 12.5. The van der Waals surface area contributed by atoms with E-state index in [4.69, 9.17) is 27.9 Å². The van der Waals surface area contributed by atoms with Crippen LogP contribution in [0.2, 0.25) is 10.2 Å². The number of rotatable bonds is 7. The Kier molecular flexibility index (Phi) is 7.36. The first-order valence-corrected chi connectivity index (χ1v) is 12.0. The molecule has 0 saturated heterocycles. The largest absolute Gasteiger partial charge is 0.497 e. The first-order chi connectivity index (χ1) is 16.3. The maximum atomic E-state index is 12.5. The summed E-state index contributed by atoms with van der Waals surface area (Å²) in [6, 6.07) is 15.2. The van der Waals surface area contributed by atoms with Crippen LogP contribution in [0.1, 0.15) is 21.7 Å². The minimum atomic E-state index is -0.295. The Labute approximate surface area is 211 Å². The summed E-state index contributed by atoms with van der Waals surface area (Å²) in [7, 11) is 1.63. The minimum absolute atomic E-state index is 0.295. The number of thiazole rings is 1. The predicted octanol–water partition coefficient (Wildman–Crippen LogP) is 6.64. The smallest absolute Gasteiger partial charge is 0.250 e. The van der Waals surface area contributed by atoms with Gasteiger partial charge in [0.2, 0.25) is 5.91 Å². The summed E-state index contributed by atoms with van der Waals surface area (Å²) in [5.74, 6) is 0.483. The normalized spacial score (nSPS) is 11.2. The van der Waals surface area contributed by atoms with Crippen molar-refractivity contribution in [1.29, 1.82) is 0 Å². The second-order valence-electron chi connectivity index (χ2n) is 7.55. The number of nitrogens with zero attached hydrogens (tertiary/aromatic N) is 3. The number of halogens is 2. The molecule has 0 radical (unpaired) electrons. The summed E-state index contributed by atoms with van der Waals surface area (Å²) < 4.78 is 6.90. The average molecular weight is 513 g/mol. The molecule has 0 fully saturated rings. The minimum Gasteiger partial charge on any atom is -0.497 e. The Morgan fingerprint density at radius 2 is 1.82 bits per heavy atom. The molecule has 2 aromatic carbocycles. The topological polar surface area (TPSA) is 69.0 Å². The van der Waals surface area contributed by atoms with E-state index in [1.54, 1.807) is 17.9 Å². The number of carbonyl (C=O) groups is 1. The molecule has 0 bridgehead atoms. The lowest BCUT2D eigenvalue weighted by atomic mass is 10.1. The van der Waals surface area contributed by atoms with Crippen LogP contribution in [0.5, 0.6) is 5.75 Å². The fourth-order valence-electron chi connectivity index (χ4n) is 3.40. The van der Waals surface area contributed by atoms with E-state index in [0.29, 0.717) is 27.4 Å². The number of aryl methyl sites for hydroxylation is 2. The van der Waals surface area contributed by atoms with E-state index in [9.17, 15) is 4.79 Å². The van der Waals surface area contributed by atoms with Crippen LogP contribution >= 0.6 is 34.5 Å².